The second-order valence-electron chi connectivity index (χ2n) is 8.94. The van der Waals surface area contributed by atoms with Crippen LogP contribution in [0, 0.1) is 0 Å². The third-order valence-corrected chi connectivity index (χ3v) is 7.20. The third kappa shape index (κ3) is 4.53. The van der Waals surface area contributed by atoms with Crippen LogP contribution in [-0.2, 0) is 0 Å². The molecule has 3 fully saturated rings. The number of unbranched alkanes of at least 4 members (excludes halogenated alkanes) is 1. The van der Waals surface area contributed by atoms with E-state index in [1.165, 1.54) is 103 Å². The smallest absolute Gasteiger partial charge is 0.168 e. The molecule has 3 aliphatic rings. The lowest BCUT2D eigenvalue weighted by molar-refractivity contribution is 0.0491. The zero-order chi connectivity index (χ0) is 18.5. The predicted octanol–water partition coefficient (Wildman–Crippen LogP) is 3.97. The minimum Gasteiger partial charge on any atom is -0.298 e. The van der Waals surface area contributed by atoms with Gasteiger partial charge < -0.3 is 0 Å². The van der Waals surface area contributed by atoms with Gasteiger partial charge >= 0.3 is 0 Å². The molecule has 0 N–H and O–H groups in total. The van der Waals surface area contributed by atoms with Crippen molar-refractivity contribution in [2.24, 2.45) is 0 Å². The molecular weight excluding hydrogens is 336 g/mol. The molecule has 6 heteroatoms. The van der Waals surface area contributed by atoms with E-state index in [0.717, 1.165) is 11.9 Å². The minimum absolute atomic E-state index is 0.397. The Bertz CT molecular complexity index is 553. The van der Waals surface area contributed by atoms with Gasteiger partial charge in [0.1, 0.15) is 0 Å². The molecule has 2 saturated carbocycles. The fraction of sp³-hybridized carbons (Fsp3) is 0.952. The van der Waals surface area contributed by atoms with Gasteiger partial charge in [0, 0.05) is 32.2 Å². The van der Waals surface area contributed by atoms with Crippen LogP contribution in [0.1, 0.15) is 102 Å². The molecule has 1 aromatic rings. The van der Waals surface area contributed by atoms with Crippen LogP contribution in [0.25, 0.3) is 0 Å². The molecule has 0 amide bonds. The second kappa shape index (κ2) is 9.46. The molecule has 6 nitrogen and oxygen atoms in total. The Morgan fingerprint density at radius 3 is 2.26 bits per heavy atom. The van der Waals surface area contributed by atoms with Gasteiger partial charge in [0.25, 0.3) is 0 Å². The lowest BCUT2D eigenvalue weighted by Gasteiger charge is -2.43. The monoisotopic (exact) mass is 374 g/mol. The molecule has 1 aromatic heterocycles. The van der Waals surface area contributed by atoms with Crippen molar-refractivity contribution in [3.05, 3.63) is 5.82 Å². The minimum atomic E-state index is 0.397. The van der Waals surface area contributed by atoms with Crippen molar-refractivity contribution in [2.45, 2.75) is 102 Å². The van der Waals surface area contributed by atoms with Crippen LogP contribution < -0.4 is 0 Å². The molecule has 0 radical (unpaired) electrons. The molecule has 152 valence electrons. The summed E-state index contributed by atoms with van der Waals surface area (Å²) in [5, 5.41) is 13.1. The van der Waals surface area contributed by atoms with Crippen LogP contribution >= 0.6 is 0 Å². The Labute approximate surface area is 164 Å². The highest BCUT2D eigenvalue weighted by Crippen LogP contribution is 2.34. The maximum atomic E-state index is 4.54. The Morgan fingerprint density at radius 1 is 0.889 bits per heavy atom. The molecule has 0 bridgehead atoms. The Morgan fingerprint density at radius 2 is 1.56 bits per heavy atom. The number of nitrogens with zero attached hydrogens (tertiary/aromatic N) is 6. The van der Waals surface area contributed by atoms with E-state index in [0.29, 0.717) is 12.1 Å². The van der Waals surface area contributed by atoms with E-state index in [1.807, 2.05) is 0 Å². The van der Waals surface area contributed by atoms with E-state index in [2.05, 4.69) is 36.9 Å². The number of aromatic nitrogens is 4. The molecule has 2 aliphatic carbocycles. The normalized spacial score (nSPS) is 25.2. The van der Waals surface area contributed by atoms with E-state index in [9.17, 15) is 0 Å². The van der Waals surface area contributed by atoms with Crippen LogP contribution in [0.4, 0.5) is 0 Å². The molecule has 0 aromatic carbocycles. The summed E-state index contributed by atoms with van der Waals surface area (Å²) < 4.78 is 2.20. The van der Waals surface area contributed by atoms with E-state index in [4.69, 9.17) is 0 Å². The predicted molar refractivity (Wildman–Crippen MR) is 108 cm³/mol. The SMILES string of the molecule is CCCC[C@H](c1nnnn1C1CCCC1)N1CCN(C2CCCCC2)CC1. The van der Waals surface area contributed by atoms with Gasteiger partial charge in [-0.1, -0.05) is 51.9 Å². The standard InChI is InChI=1S/C21H38N6/c1-2-3-13-20(21-22-23-24-27(21)19-11-7-8-12-19)26-16-14-25(15-17-26)18-9-5-4-6-10-18/h18-20H,2-17H2,1H3/t20-/m1/s1. The van der Waals surface area contributed by atoms with Crippen molar-refractivity contribution in [3.63, 3.8) is 0 Å². The van der Waals surface area contributed by atoms with Gasteiger partial charge in [-0.25, -0.2) is 4.68 Å². The van der Waals surface area contributed by atoms with Crippen LogP contribution in [0.3, 0.4) is 0 Å². The van der Waals surface area contributed by atoms with Crippen molar-refractivity contribution >= 4 is 0 Å². The largest absolute Gasteiger partial charge is 0.298 e. The van der Waals surface area contributed by atoms with E-state index in [-0.39, 0.29) is 0 Å². The summed E-state index contributed by atoms with van der Waals surface area (Å²) in [6, 6.07) is 1.77. The third-order valence-electron chi connectivity index (χ3n) is 7.20. The summed E-state index contributed by atoms with van der Waals surface area (Å²) in [7, 11) is 0. The Kier molecular flexibility index (Phi) is 6.77. The summed E-state index contributed by atoms with van der Waals surface area (Å²) in [6.07, 6.45) is 16.0. The van der Waals surface area contributed by atoms with Gasteiger partial charge in [0.2, 0.25) is 0 Å². The van der Waals surface area contributed by atoms with Crippen LogP contribution in [-0.4, -0.2) is 62.2 Å². The summed E-state index contributed by atoms with van der Waals surface area (Å²) in [5.41, 5.74) is 0. The molecule has 2 heterocycles. The van der Waals surface area contributed by atoms with Crippen molar-refractivity contribution in [1.82, 2.24) is 30.0 Å². The summed E-state index contributed by atoms with van der Waals surface area (Å²) in [4.78, 5) is 5.46. The van der Waals surface area contributed by atoms with Crippen molar-refractivity contribution in [3.8, 4) is 0 Å². The van der Waals surface area contributed by atoms with Gasteiger partial charge in [-0.05, 0) is 42.5 Å². The topological polar surface area (TPSA) is 50.1 Å². The van der Waals surface area contributed by atoms with Gasteiger partial charge in [0.05, 0.1) is 12.1 Å². The molecule has 4 rings (SSSR count). The molecule has 27 heavy (non-hydrogen) atoms. The zero-order valence-electron chi connectivity index (χ0n) is 17.2. The number of rotatable bonds is 7. The van der Waals surface area contributed by atoms with Gasteiger partial charge in [-0.3, -0.25) is 9.80 Å². The second-order valence-corrected chi connectivity index (χ2v) is 8.94. The maximum absolute atomic E-state index is 4.54. The quantitative estimate of drug-likeness (QED) is 0.723. The van der Waals surface area contributed by atoms with Crippen LogP contribution in [0.2, 0.25) is 0 Å². The summed E-state index contributed by atoms with van der Waals surface area (Å²) in [6.45, 7) is 7.07. The summed E-state index contributed by atoms with van der Waals surface area (Å²) >= 11 is 0. The van der Waals surface area contributed by atoms with Gasteiger partial charge in [0.15, 0.2) is 5.82 Å². The fourth-order valence-corrected chi connectivity index (χ4v) is 5.56. The maximum Gasteiger partial charge on any atom is 0.168 e. The van der Waals surface area contributed by atoms with Gasteiger partial charge in [-0.2, -0.15) is 0 Å². The number of tetrazole rings is 1. The van der Waals surface area contributed by atoms with E-state index in [1.54, 1.807) is 0 Å². The molecular formula is C21H38N6. The summed E-state index contributed by atoms with van der Waals surface area (Å²) in [5.74, 6) is 1.14. The lowest BCUT2D eigenvalue weighted by atomic mass is 9.93. The molecule has 0 spiro atoms. The highest BCUT2D eigenvalue weighted by atomic mass is 15.6. The fourth-order valence-electron chi connectivity index (χ4n) is 5.56. The highest BCUT2D eigenvalue weighted by molar-refractivity contribution is 4.98. The Balaban J connectivity index is 1.43. The average Bonchev–Trinajstić information content (AvgIpc) is 3.41. The number of hydrogen-bond donors (Lipinski definition) is 0. The number of piperazine rings is 1. The molecule has 1 atom stereocenters. The Hall–Kier alpha value is -1.01. The molecule has 1 aliphatic heterocycles. The first-order chi connectivity index (χ1) is 13.4. The molecule has 1 saturated heterocycles. The highest BCUT2D eigenvalue weighted by Gasteiger charge is 2.33. The zero-order valence-corrected chi connectivity index (χ0v) is 17.2. The molecule has 0 unspecified atom stereocenters. The average molecular weight is 375 g/mol. The number of hydrogen-bond acceptors (Lipinski definition) is 5. The first-order valence-electron chi connectivity index (χ1n) is 11.6. The first kappa shape index (κ1) is 19.3. The van der Waals surface area contributed by atoms with Crippen molar-refractivity contribution in [2.75, 3.05) is 26.2 Å². The van der Waals surface area contributed by atoms with Crippen LogP contribution in [0.5, 0.6) is 0 Å². The lowest BCUT2D eigenvalue weighted by Crippen LogP contribution is -2.51. The van der Waals surface area contributed by atoms with Gasteiger partial charge in [-0.15, -0.1) is 5.10 Å². The van der Waals surface area contributed by atoms with E-state index < -0.39 is 0 Å². The van der Waals surface area contributed by atoms with E-state index >= 15 is 0 Å². The van der Waals surface area contributed by atoms with Crippen molar-refractivity contribution in [1.29, 1.82) is 0 Å². The first-order valence-corrected chi connectivity index (χ1v) is 11.6. The van der Waals surface area contributed by atoms with Crippen molar-refractivity contribution < 1.29 is 0 Å². The van der Waals surface area contributed by atoms with Crippen LogP contribution in [0.15, 0.2) is 0 Å².